The van der Waals surface area contributed by atoms with E-state index in [2.05, 4.69) is 15.0 Å². The maximum absolute atomic E-state index is 13.1. The van der Waals surface area contributed by atoms with E-state index in [0.717, 1.165) is 4.57 Å². The average molecular weight is 431 g/mol. The van der Waals surface area contributed by atoms with Gasteiger partial charge in [-0.2, -0.15) is 0 Å². The predicted molar refractivity (Wildman–Crippen MR) is 99.8 cm³/mol. The van der Waals surface area contributed by atoms with Gasteiger partial charge in [-0.1, -0.05) is 5.11 Å². The van der Waals surface area contributed by atoms with Crippen LogP contribution >= 0.6 is 7.37 Å². The van der Waals surface area contributed by atoms with Crippen LogP contribution in [0.25, 0.3) is 10.4 Å². The minimum absolute atomic E-state index is 0.0773. The molecule has 0 bridgehead atoms. The Hall–Kier alpha value is -2.43. The number of hydrogen-bond donors (Lipinski definition) is 2. The molecule has 13 nitrogen and oxygen atoms in total. The van der Waals surface area contributed by atoms with Crippen LogP contribution in [0, 0.1) is 6.92 Å². The van der Waals surface area contributed by atoms with Crippen LogP contribution in [-0.4, -0.2) is 51.6 Å². The number of aliphatic hydroxyl groups is 1. The van der Waals surface area contributed by atoms with Crippen LogP contribution in [-0.2, 0) is 18.6 Å². The topological polar surface area (TPSA) is 186 Å². The summed E-state index contributed by atoms with van der Waals surface area (Å²) in [7, 11) is -4.43. The van der Waals surface area contributed by atoms with Gasteiger partial charge in [0.05, 0.1) is 19.3 Å². The third-order valence-corrected chi connectivity index (χ3v) is 6.55. The highest BCUT2D eigenvalue weighted by molar-refractivity contribution is 7.76. The molecule has 1 saturated heterocycles. The van der Waals surface area contributed by atoms with E-state index < -0.39 is 48.5 Å². The monoisotopic (exact) mass is 431 g/mol. The lowest BCUT2D eigenvalue weighted by Crippen LogP contribution is -2.37. The van der Waals surface area contributed by atoms with E-state index >= 15 is 0 Å². The summed E-state index contributed by atoms with van der Waals surface area (Å²) in [4.78, 5) is 40.7. The first-order valence-corrected chi connectivity index (χ1v) is 10.5. The first-order valence-electron chi connectivity index (χ1n) is 8.80. The Morgan fingerprint density at radius 1 is 1.52 bits per heavy atom. The number of aromatic nitrogens is 2. The largest absolute Gasteiger partial charge is 0.459 e. The molecule has 0 aromatic carbocycles. The van der Waals surface area contributed by atoms with Crippen molar-refractivity contribution < 1.29 is 28.5 Å². The van der Waals surface area contributed by atoms with Crippen molar-refractivity contribution in [2.24, 2.45) is 5.11 Å². The quantitative estimate of drug-likeness (QED) is 0.269. The van der Waals surface area contributed by atoms with Gasteiger partial charge in [-0.25, -0.2) is 9.59 Å². The molecule has 2 rings (SSSR count). The highest BCUT2D eigenvalue weighted by Crippen LogP contribution is 2.56. The van der Waals surface area contributed by atoms with Crippen LogP contribution in [0.5, 0.6) is 0 Å². The maximum atomic E-state index is 13.1. The summed E-state index contributed by atoms with van der Waals surface area (Å²) in [5, 5.41) is 14.2. The summed E-state index contributed by atoms with van der Waals surface area (Å²) in [6, 6.07) is -1.07. The number of nitrogens with one attached hydrogen (secondary N) is 1. The van der Waals surface area contributed by atoms with E-state index in [9.17, 15) is 24.1 Å². The fraction of sp³-hybridized carbons (Fsp3) is 0.667. The number of rotatable bonds is 8. The summed E-state index contributed by atoms with van der Waals surface area (Å²) in [5.41, 5.74) is 6.47. The second-order valence-corrected chi connectivity index (χ2v) is 8.52. The van der Waals surface area contributed by atoms with Crippen LogP contribution in [0.15, 0.2) is 20.9 Å². The Morgan fingerprint density at radius 3 is 2.79 bits per heavy atom. The van der Waals surface area contributed by atoms with Gasteiger partial charge in [-0.3, -0.25) is 18.9 Å². The van der Waals surface area contributed by atoms with E-state index in [1.54, 1.807) is 0 Å². The Morgan fingerprint density at radius 2 is 2.21 bits per heavy atom. The van der Waals surface area contributed by atoms with Gasteiger partial charge < -0.3 is 19.1 Å². The molecule has 1 fully saturated rings. The lowest BCUT2D eigenvalue weighted by Gasteiger charge is -2.27. The van der Waals surface area contributed by atoms with E-state index in [-0.39, 0.29) is 25.2 Å². The minimum atomic E-state index is -4.43. The fourth-order valence-electron chi connectivity index (χ4n) is 2.93. The molecule has 29 heavy (non-hydrogen) atoms. The first-order chi connectivity index (χ1) is 13.7. The first kappa shape index (κ1) is 22.9. The highest BCUT2D eigenvalue weighted by atomic mass is 31.2. The molecule has 0 aliphatic carbocycles. The molecular weight excluding hydrogens is 409 g/mol. The van der Waals surface area contributed by atoms with E-state index in [4.69, 9.17) is 19.5 Å². The molecule has 0 amide bonds. The number of aromatic amines is 1. The molecule has 0 spiro atoms. The smallest absolute Gasteiger partial charge is 0.394 e. The van der Waals surface area contributed by atoms with Crippen LogP contribution in [0.3, 0.4) is 0 Å². The van der Waals surface area contributed by atoms with E-state index in [0.29, 0.717) is 0 Å². The van der Waals surface area contributed by atoms with Crippen LogP contribution in [0.4, 0.5) is 4.79 Å². The van der Waals surface area contributed by atoms with Crippen LogP contribution in [0.1, 0.15) is 32.1 Å². The molecular formula is C15H22N5O8P. The van der Waals surface area contributed by atoms with Gasteiger partial charge in [0, 0.05) is 23.1 Å². The van der Waals surface area contributed by atoms with Crippen molar-refractivity contribution in [3.63, 3.8) is 0 Å². The zero-order valence-electron chi connectivity index (χ0n) is 16.0. The molecule has 160 valence electrons. The normalized spacial score (nSPS) is 24.3. The third-order valence-electron chi connectivity index (χ3n) is 4.28. The number of carbonyl (C=O) groups excluding carboxylic acids is 1. The van der Waals surface area contributed by atoms with Crippen molar-refractivity contribution in [3.05, 3.63) is 43.0 Å². The molecule has 1 aliphatic heterocycles. The Kier molecular flexibility index (Phi) is 7.39. The summed E-state index contributed by atoms with van der Waals surface area (Å²) in [5.74, 6) is -2.00. The predicted octanol–water partition coefficient (Wildman–Crippen LogP) is 1.60. The van der Waals surface area contributed by atoms with Gasteiger partial charge in [0.2, 0.25) is 0 Å². The number of H-pyrrole nitrogens is 1. The number of aliphatic hydroxyl groups excluding tert-OH is 1. The maximum Gasteiger partial charge on any atom is 0.394 e. The second-order valence-electron chi connectivity index (χ2n) is 6.17. The molecule has 0 saturated carbocycles. The fourth-order valence-corrected chi connectivity index (χ4v) is 4.75. The molecule has 2 heterocycles. The van der Waals surface area contributed by atoms with E-state index in [1.807, 2.05) is 0 Å². The second kappa shape index (κ2) is 9.38. The SMILES string of the molecule is CCOC(=O)P(=O)(OCC)C(O)[C@H]1O[C@@H](n2cc(C)c(=O)[nH]c2=O)C[C@@H]1N=[N+]=[N-]. The molecule has 0 radical (unpaired) electrons. The number of carbonyl (C=O) groups is 1. The zero-order chi connectivity index (χ0) is 21.8. The summed E-state index contributed by atoms with van der Waals surface area (Å²) < 4.78 is 29.6. The van der Waals surface area contributed by atoms with Gasteiger partial charge in [-0.15, -0.1) is 0 Å². The molecule has 1 aromatic rings. The summed E-state index contributed by atoms with van der Waals surface area (Å²) >= 11 is 0. The minimum Gasteiger partial charge on any atom is -0.459 e. The Bertz CT molecular complexity index is 968. The molecule has 2 N–H and O–H groups in total. The van der Waals surface area contributed by atoms with Crippen molar-refractivity contribution >= 4 is 13.1 Å². The number of aryl methyl sites for hydroxylation is 1. The Balaban J connectivity index is 2.42. The van der Waals surface area contributed by atoms with Crippen molar-refractivity contribution in [1.82, 2.24) is 9.55 Å². The van der Waals surface area contributed by atoms with Gasteiger partial charge in [0.15, 0.2) is 5.85 Å². The number of hydrogen-bond acceptors (Lipinski definition) is 9. The van der Waals surface area contributed by atoms with Crippen LogP contribution in [0.2, 0.25) is 0 Å². The summed E-state index contributed by atoms with van der Waals surface area (Å²) in [6.45, 7) is 4.20. The van der Waals surface area contributed by atoms with Crippen molar-refractivity contribution in [1.29, 1.82) is 0 Å². The van der Waals surface area contributed by atoms with Gasteiger partial charge in [0.25, 0.3) is 5.56 Å². The number of azide groups is 1. The molecule has 14 heteroatoms. The zero-order valence-corrected chi connectivity index (χ0v) is 16.9. The van der Waals surface area contributed by atoms with Crippen molar-refractivity contribution in [3.8, 4) is 0 Å². The number of nitrogens with zero attached hydrogens (tertiary/aromatic N) is 4. The van der Waals surface area contributed by atoms with Crippen molar-refractivity contribution in [2.75, 3.05) is 13.2 Å². The van der Waals surface area contributed by atoms with Gasteiger partial charge in [0.1, 0.15) is 12.3 Å². The Labute approximate surface area is 164 Å². The molecule has 1 aliphatic rings. The van der Waals surface area contributed by atoms with Crippen LogP contribution < -0.4 is 11.2 Å². The van der Waals surface area contributed by atoms with Gasteiger partial charge in [-0.05, 0) is 26.3 Å². The standard InChI is InChI=1S/C15H22N5O8P/c1-4-26-15(24)29(25,27-5-2)13(22)11-9(18-19-16)6-10(28-11)20-7-8(3)12(21)17-14(20)23/h7,9-11,13,22H,4-6H2,1-3H3,(H,17,21,23)/t9-,10+,11-,13?,29?/m0/s1. The molecule has 5 atom stereocenters. The summed E-state index contributed by atoms with van der Waals surface area (Å²) in [6.07, 6.45) is -1.30. The highest BCUT2D eigenvalue weighted by Gasteiger charge is 2.52. The lowest BCUT2D eigenvalue weighted by molar-refractivity contribution is -0.0431. The lowest BCUT2D eigenvalue weighted by atomic mass is 10.1. The number of ether oxygens (including phenoxy) is 2. The van der Waals surface area contributed by atoms with E-state index in [1.165, 1.54) is 27.0 Å². The molecule has 1 aromatic heterocycles. The van der Waals surface area contributed by atoms with Gasteiger partial charge >= 0.3 is 18.8 Å². The third kappa shape index (κ3) is 4.60. The molecule has 2 unspecified atom stereocenters. The average Bonchev–Trinajstić information content (AvgIpc) is 3.08. The van der Waals surface area contributed by atoms with Crippen molar-refractivity contribution in [2.45, 2.75) is 51.4 Å².